The molecule has 1 aliphatic rings. The number of anilines is 1. The lowest BCUT2D eigenvalue weighted by Gasteiger charge is -2.27. The van der Waals surface area contributed by atoms with Gasteiger partial charge in [0.15, 0.2) is 0 Å². The van der Waals surface area contributed by atoms with Crippen LogP contribution in [0.3, 0.4) is 0 Å². The molecule has 8 nitrogen and oxygen atoms in total. The monoisotopic (exact) mass is 382 g/mol. The van der Waals surface area contributed by atoms with E-state index < -0.39 is 17.3 Å². The zero-order chi connectivity index (χ0) is 19.1. The van der Waals surface area contributed by atoms with Crippen LogP contribution in [0.25, 0.3) is 0 Å². The first kappa shape index (κ1) is 19.9. The van der Waals surface area contributed by atoms with Crippen LogP contribution in [0, 0.1) is 0 Å². The van der Waals surface area contributed by atoms with Crippen molar-refractivity contribution in [2.24, 2.45) is 0 Å². The number of carbonyl (C=O) groups is 3. The Labute approximate surface area is 155 Å². The summed E-state index contributed by atoms with van der Waals surface area (Å²) in [6, 6.07) is 4.36. The Morgan fingerprint density at radius 2 is 2.08 bits per heavy atom. The molecule has 2 atom stereocenters. The maximum absolute atomic E-state index is 12.3. The highest BCUT2D eigenvalue weighted by molar-refractivity contribution is 8.00. The molecule has 2 N–H and O–H groups in total. The summed E-state index contributed by atoms with van der Waals surface area (Å²) in [5.74, 6) is 0.277. The molecule has 1 aliphatic heterocycles. The molecule has 1 aromatic rings. The Balaban J connectivity index is 1.94. The van der Waals surface area contributed by atoms with Gasteiger partial charge in [-0.15, -0.1) is 11.8 Å². The first-order chi connectivity index (χ1) is 12.5. The molecule has 0 bridgehead atoms. The van der Waals surface area contributed by atoms with E-state index in [2.05, 4.69) is 10.6 Å². The SMILES string of the molecule is CCOC(=O)[C@@H]1CS[C@@H](CC(=O)Nc2cc(OC)ccc2OC)C(=O)N1. The fourth-order valence-corrected chi connectivity index (χ4v) is 3.53. The number of hydrogen-bond acceptors (Lipinski definition) is 7. The first-order valence-electron chi connectivity index (χ1n) is 8.09. The molecule has 1 fully saturated rings. The summed E-state index contributed by atoms with van der Waals surface area (Å²) < 4.78 is 15.3. The van der Waals surface area contributed by atoms with Gasteiger partial charge in [0.2, 0.25) is 11.8 Å². The van der Waals surface area contributed by atoms with Crippen LogP contribution in [-0.4, -0.2) is 55.7 Å². The quantitative estimate of drug-likeness (QED) is 0.683. The number of esters is 1. The zero-order valence-electron chi connectivity index (χ0n) is 14.9. The van der Waals surface area contributed by atoms with Crippen molar-refractivity contribution in [1.82, 2.24) is 5.32 Å². The molecule has 9 heteroatoms. The summed E-state index contributed by atoms with van der Waals surface area (Å²) in [5, 5.41) is 4.76. The van der Waals surface area contributed by atoms with E-state index in [4.69, 9.17) is 14.2 Å². The summed E-state index contributed by atoms with van der Waals surface area (Å²) in [6.07, 6.45) is -0.0214. The molecule has 0 aromatic heterocycles. The van der Waals surface area contributed by atoms with Gasteiger partial charge in [-0.3, -0.25) is 9.59 Å². The number of benzene rings is 1. The van der Waals surface area contributed by atoms with E-state index in [-0.39, 0.29) is 24.8 Å². The van der Waals surface area contributed by atoms with Gasteiger partial charge >= 0.3 is 5.97 Å². The van der Waals surface area contributed by atoms with Crippen LogP contribution in [-0.2, 0) is 19.1 Å². The lowest BCUT2D eigenvalue weighted by atomic mass is 10.2. The van der Waals surface area contributed by atoms with Gasteiger partial charge in [0.1, 0.15) is 17.5 Å². The van der Waals surface area contributed by atoms with Crippen LogP contribution in [0.5, 0.6) is 11.5 Å². The normalized spacial score (nSPS) is 19.3. The van der Waals surface area contributed by atoms with Crippen molar-refractivity contribution >= 4 is 35.2 Å². The van der Waals surface area contributed by atoms with Crippen molar-refractivity contribution in [2.75, 3.05) is 31.9 Å². The van der Waals surface area contributed by atoms with Crippen molar-refractivity contribution in [3.63, 3.8) is 0 Å². The first-order valence-corrected chi connectivity index (χ1v) is 9.13. The van der Waals surface area contributed by atoms with Crippen molar-refractivity contribution < 1.29 is 28.6 Å². The van der Waals surface area contributed by atoms with Gasteiger partial charge in [0.25, 0.3) is 0 Å². The number of amides is 2. The molecule has 0 unspecified atom stereocenters. The van der Waals surface area contributed by atoms with Gasteiger partial charge in [-0.2, -0.15) is 0 Å². The number of thioether (sulfide) groups is 1. The van der Waals surface area contributed by atoms with E-state index in [1.54, 1.807) is 25.1 Å². The maximum atomic E-state index is 12.3. The second-order valence-electron chi connectivity index (χ2n) is 5.45. The molecular formula is C17H22N2O6S. The van der Waals surface area contributed by atoms with Crippen molar-refractivity contribution in [3.8, 4) is 11.5 Å². The van der Waals surface area contributed by atoms with Crippen LogP contribution in [0.1, 0.15) is 13.3 Å². The van der Waals surface area contributed by atoms with Crippen molar-refractivity contribution in [2.45, 2.75) is 24.6 Å². The van der Waals surface area contributed by atoms with Crippen LogP contribution in [0.4, 0.5) is 5.69 Å². The fourth-order valence-electron chi connectivity index (χ4n) is 2.40. The Hall–Kier alpha value is -2.42. The minimum Gasteiger partial charge on any atom is -0.497 e. The number of hydrogen-bond donors (Lipinski definition) is 2. The average Bonchev–Trinajstić information content (AvgIpc) is 2.63. The smallest absolute Gasteiger partial charge is 0.329 e. The highest BCUT2D eigenvalue weighted by Gasteiger charge is 2.34. The van der Waals surface area contributed by atoms with E-state index in [0.717, 1.165) is 0 Å². The standard InChI is InChI=1S/C17H22N2O6S/c1-4-25-17(22)12-9-26-14(16(21)19-12)8-15(20)18-11-7-10(23-2)5-6-13(11)24-3/h5-7,12,14H,4,8-9H2,1-3H3,(H,18,20)(H,19,21)/t12-,14-/m0/s1. The Morgan fingerprint density at radius 3 is 2.69 bits per heavy atom. The predicted molar refractivity (Wildman–Crippen MR) is 97.6 cm³/mol. The number of carbonyl (C=O) groups excluding carboxylic acids is 3. The topological polar surface area (TPSA) is 103 Å². The Morgan fingerprint density at radius 1 is 1.31 bits per heavy atom. The number of methoxy groups -OCH3 is 2. The summed E-state index contributed by atoms with van der Waals surface area (Å²) in [5.41, 5.74) is 0.461. The lowest BCUT2D eigenvalue weighted by molar-refractivity contribution is -0.146. The molecule has 2 amide bonds. The van der Waals surface area contributed by atoms with Crippen molar-refractivity contribution in [3.05, 3.63) is 18.2 Å². The number of nitrogens with one attached hydrogen (secondary N) is 2. The lowest BCUT2D eigenvalue weighted by Crippen LogP contribution is -2.51. The second kappa shape index (κ2) is 9.33. The van der Waals surface area contributed by atoms with Gasteiger partial charge in [-0.05, 0) is 19.1 Å². The maximum Gasteiger partial charge on any atom is 0.329 e. The van der Waals surface area contributed by atoms with Crippen molar-refractivity contribution in [1.29, 1.82) is 0 Å². The second-order valence-corrected chi connectivity index (χ2v) is 6.69. The van der Waals surface area contributed by atoms with Crippen LogP contribution in [0.2, 0.25) is 0 Å². The van der Waals surface area contributed by atoms with E-state index in [1.807, 2.05) is 0 Å². The van der Waals surface area contributed by atoms with Crippen LogP contribution >= 0.6 is 11.8 Å². The number of ether oxygens (including phenoxy) is 3. The van der Waals surface area contributed by atoms with E-state index >= 15 is 0 Å². The van der Waals surface area contributed by atoms with Gasteiger partial charge < -0.3 is 24.8 Å². The minimum absolute atomic E-state index is 0.0214. The third-order valence-corrected chi connectivity index (χ3v) is 5.00. The molecule has 0 aliphatic carbocycles. The average molecular weight is 382 g/mol. The number of rotatable bonds is 7. The molecule has 26 heavy (non-hydrogen) atoms. The third kappa shape index (κ3) is 5.04. The molecule has 142 valence electrons. The largest absolute Gasteiger partial charge is 0.497 e. The van der Waals surface area contributed by atoms with Crippen LogP contribution in [0.15, 0.2) is 18.2 Å². The summed E-state index contributed by atoms with van der Waals surface area (Å²) in [7, 11) is 3.02. The highest BCUT2D eigenvalue weighted by Crippen LogP contribution is 2.29. The highest BCUT2D eigenvalue weighted by atomic mass is 32.2. The fraction of sp³-hybridized carbons (Fsp3) is 0.471. The Kier molecular flexibility index (Phi) is 7.14. The Bertz CT molecular complexity index is 681. The summed E-state index contributed by atoms with van der Waals surface area (Å²) >= 11 is 1.26. The summed E-state index contributed by atoms with van der Waals surface area (Å²) in [6.45, 7) is 1.96. The van der Waals surface area contributed by atoms with Gasteiger partial charge in [0.05, 0.1) is 31.8 Å². The molecule has 1 heterocycles. The molecule has 1 aromatic carbocycles. The van der Waals surface area contributed by atoms with Gasteiger partial charge in [-0.1, -0.05) is 0 Å². The van der Waals surface area contributed by atoms with E-state index in [0.29, 0.717) is 22.9 Å². The molecule has 1 saturated heterocycles. The van der Waals surface area contributed by atoms with Gasteiger partial charge in [-0.25, -0.2) is 4.79 Å². The van der Waals surface area contributed by atoms with E-state index in [9.17, 15) is 14.4 Å². The van der Waals surface area contributed by atoms with Gasteiger partial charge in [0, 0.05) is 18.2 Å². The summed E-state index contributed by atoms with van der Waals surface area (Å²) in [4.78, 5) is 36.2. The molecule has 0 radical (unpaired) electrons. The molecule has 2 rings (SSSR count). The zero-order valence-corrected chi connectivity index (χ0v) is 15.7. The van der Waals surface area contributed by atoms with E-state index in [1.165, 1.54) is 26.0 Å². The molecule has 0 spiro atoms. The molecular weight excluding hydrogens is 360 g/mol. The van der Waals surface area contributed by atoms with Crippen LogP contribution < -0.4 is 20.1 Å². The third-order valence-electron chi connectivity index (χ3n) is 3.70. The minimum atomic E-state index is -0.676. The predicted octanol–water partition coefficient (Wildman–Crippen LogP) is 1.20. The molecule has 0 saturated carbocycles.